The molecule has 0 aliphatic rings. The third kappa shape index (κ3) is 9.63. The Labute approximate surface area is 241 Å². The molecular weight excluding hydrogens is 550 g/mol. The molecule has 42 heavy (non-hydrogen) atoms. The maximum absolute atomic E-state index is 12.5. The van der Waals surface area contributed by atoms with Crippen LogP contribution >= 0.6 is 0 Å². The van der Waals surface area contributed by atoms with E-state index < -0.39 is 37.5 Å². The lowest BCUT2D eigenvalue weighted by molar-refractivity contribution is -0.153. The summed E-state index contributed by atoms with van der Waals surface area (Å²) >= 11 is 0. The number of ether oxygens (including phenoxy) is 5. The van der Waals surface area contributed by atoms with Crippen molar-refractivity contribution in [2.75, 3.05) is 26.8 Å². The summed E-state index contributed by atoms with van der Waals surface area (Å²) in [7, 11) is 0. The number of aliphatic hydroxyl groups is 1. The molecule has 0 unspecified atom stereocenters. The Hall–Kier alpha value is -4.91. The second-order valence-electron chi connectivity index (χ2n) is 8.59. The number of pyridine rings is 3. The first-order valence-corrected chi connectivity index (χ1v) is 13.2. The van der Waals surface area contributed by atoms with Crippen LogP contribution < -0.4 is 4.74 Å². The van der Waals surface area contributed by atoms with Gasteiger partial charge < -0.3 is 28.8 Å². The summed E-state index contributed by atoms with van der Waals surface area (Å²) in [6, 6.07) is 12.4. The Morgan fingerprint density at radius 1 is 0.667 bits per heavy atom. The van der Waals surface area contributed by atoms with Gasteiger partial charge in [-0.05, 0) is 37.1 Å². The van der Waals surface area contributed by atoms with Crippen molar-refractivity contribution in [1.29, 1.82) is 0 Å². The fraction of sp³-hybridized carbons (Fsp3) is 0.345. The Kier molecular flexibility index (Phi) is 12.3. The van der Waals surface area contributed by atoms with E-state index in [0.29, 0.717) is 30.0 Å². The molecule has 3 aromatic rings. The summed E-state index contributed by atoms with van der Waals surface area (Å²) < 4.78 is 25.3. The van der Waals surface area contributed by atoms with Gasteiger partial charge in [0.15, 0.2) is 0 Å². The molecular formula is C29H31N3O10. The van der Waals surface area contributed by atoms with Crippen LogP contribution in [0.3, 0.4) is 0 Å². The third-order valence-corrected chi connectivity index (χ3v) is 5.33. The van der Waals surface area contributed by atoms with E-state index in [9.17, 15) is 24.3 Å². The number of carbonyl (C=O) groups is 4. The van der Waals surface area contributed by atoms with Gasteiger partial charge in [0.1, 0.15) is 23.7 Å². The van der Waals surface area contributed by atoms with Crippen molar-refractivity contribution >= 4 is 23.9 Å². The number of nitrogens with zero attached hydrogens (tertiary/aromatic N) is 3. The molecule has 0 fully saturated rings. The molecule has 3 heterocycles. The highest BCUT2D eigenvalue weighted by Crippen LogP contribution is 2.27. The Balaban J connectivity index is 1.83. The minimum atomic E-state index is -0.803. The van der Waals surface area contributed by atoms with Gasteiger partial charge in [-0.1, -0.05) is 26.0 Å². The average Bonchev–Trinajstić information content (AvgIpc) is 3.00. The number of rotatable bonds is 15. The van der Waals surface area contributed by atoms with Gasteiger partial charge in [-0.25, -0.2) is 24.5 Å². The highest BCUT2D eigenvalue weighted by atomic mass is 16.7. The van der Waals surface area contributed by atoms with Gasteiger partial charge in [0.25, 0.3) is 0 Å². The highest BCUT2D eigenvalue weighted by Gasteiger charge is 2.16. The number of carbonyl (C=O) groups excluding carboxylic acids is 4. The van der Waals surface area contributed by atoms with Crippen molar-refractivity contribution in [3.63, 3.8) is 0 Å². The smallest absolute Gasteiger partial charge is 0.359 e. The fourth-order valence-electron chi connectivity index (χ4n) is 3.39. The first kappa shape index (κ1) is 31.6. The van der Waals surface area contributed by atoms with Gasteiger partial charge in [0, 0.05) is 25.0 Å². The van der Waals surface area contributed by atoms with Gasteiger partial charge in [-0.2, -0.15) is 0 Å². The van der Waals surface area contributed by atoms with E-state index in [1.807, 2.05) is 13.8 Å². The molecule has 0 bridgehead atoms. The molecule has 0 atom stereocenters. The summed E-state index contributed by atoms with van der Waals surface area (Å²) in [5, 5.41) is 9.23. The molecule has 3 aromatic heterocycles. The van der Waals surface area contributed by atoms with E-state index in [-0.39, 0.29) is 48.8 Å². The summed E-state index contributed by atoms with van der Waals surface area (Å²) in [5.74, 6) is -2.25. The normalized spacial score (nSPS) is 10.5. The van der Waals surface area contributed by atoms with Crippen LogP contribution in [0.5, 0.6) is 5.75 Å². The standard InChI is InChI=1S/C29H31N3O10/c1-3-7-26(34)39-17-41-28(36)22-11-5-9-20(30-22)24-15-19(38-14-13-33)16-25(32-24)21-10-6-12-23(31-21)29(37)42-18-40-27(35)8-4-2/h5-6,9-12,15-16,33H,3-4,7-8,13-14,17-18H2,1-2H3. The van der Waals surface area contributed by atoms with Gasteiger partial charge >= 0.3 is 23.9 Å². The zero-order valence-corrected chi connectivity index (χ0v) is 23.2. The molecule has 0 radical (unpaired) electrons. The van der Waals surface area contributed by atoms with E-state index in [2.05, 4.69) is 15.0 Å². The molecule has 0 saturated heterocycles. The Morgan fingerprint density at radius 3 is 1.57 bits per heavy atom. The van der Waals surface area contributed by atoms with Crippen LogP contribution in [-0.2, 0) is 28.5 Å². The van der Waals surface area contributed by atoms with E-state index >= 15 is 0 Å². The van der Waals surface area contributed by atoms with Gasteiger partial charge in [-0.3, -0.25) is 9.59 Å². The lowest BCUT2D eigenvalue weighted by atomic mass is 10.1. The molecule has 0 aliphatic carbocycles. The molecule has 0 saturated carbocycles. The molecule has 3 rings (SSSR count). The summed E-state index contributed by atoms with van der Waals surface area (Å²) in [6.45, 7) is 2.32. The van der Waals surface area contributed by atoms with Crippen molar-refractivity contribution < 1.29 is 48.0 Å². The van der Waals surface area contributed by atoms with Crippen LogP contribution in [-0.4, -0.2) is 70.7 Å². The molecule has 1 N–H and O–H groups in total. The zero-order chi connectivity index (χ0) is 30.3. The molecule has 13 nitrogen and oxygen atoms in total. The quantitative estimate of drug-likeness (QED) is 0.204. The average molecular weight is 582 g/mol. The number of aromatic nitrogens is 3. The predicted octanol–water partition coefficient (Wildman–Crippen LogP) is 3.49. The van der Waals surface area contributed by atoms with Gasteiger partial charge in [0.05, 0.1) is 29.4 Å². The molecule has 0 amide bonds. The topological polar surface area (TPSA) is 173 Å². The molecule has 222 valence electrons. The molecule has 0 aliphatic heterocycles. The van der Waals surface area contributed by atoms with Crippen molar-refractivity contribution in [2.45, 2.75) is 39.5 Å². The SMILES string of the molecule is CCCC(=O)OCOC(=O)c1cccc(-c2cc(OCCO)cc(-c3cccc(C(=O)OCOC(=O)CCC)n3)n2)n1. The lowest BCUT2D eigenvalue weighted by Crippen LogP contribution is -2.14. The van der Waals surface area contributed by atoms with Crippen LogP contribution in [0.4, 0.5) is 0 Å². The van der Waals surface area contributed by atoms with Crippen LogP contribution in [0.15, 0.2) is 48.5 Å². The Bertz CT molecular complexity index is 1300. The van der Waals surface area contributed by atoms with Gasteiger partial charge in [0.2, 0.25) is 13.6 Å². The van der Waals surface area contributed by atoms with Crippen molar-refractivity contribution in [1.82, 2.24) is 15.0 Å². The fourth-order valence-corrected chi connectivity index (χ4v) is 3.39. The first-order chi connectivity index (χ1) is 20.3. The second-order valence-corrected chi connectivity index (χ2v) is 8.59. The Morgan fingerprint density at radius 2 is 1.14 bits per heavy atom. The molecule has 0 aromatic carbocycles. The van der Waals surface area contributed by atoms with Crippen molar-refractivity contribution in [3.8, 4) is 28.5 Å². The maximum atomic E-state index is 12.5. The van der Waals surface area contributed by atoms with E-state index in [1.165, 1.54) is 12.1 Å². The minimum absolute atomic E-state index is 0.00398. The number of hydrogen-bond acceptors (Lipinski definition) is 13. The predicted molar refractivity (Wildman–Crippen MR) is 146 cm³/mol. The van der Waals surface area contributed by atoms with E-state index in [1.54, 1.807) is 36.4 Å². The maximum Gasteiger partial charge on any atom is 0.359 e. The third-order valence-electron chi connectivity index (χ3n) is 5.33. The van der Waals surface area contributed by atoms with Crippen molar-refractivity contribution in [3.05, 3.63) is 59.9 Å². The summed E-state index contributed by atoms with van der Waals surface area (Å²) in [4.78, 5) is 61.2. The number of aliphatic hydroxyl groups excluding tert-OH is 1. The monoisotopic (exact) mass is 581 g/mol. The summed E-state index contributed by atoms with van der Waals surface area (Å²) in [6.07, 6.45) is 1.63. The van der Waals surface area contributed by atoms with Crippen molar-refractivity contribution in [2.24, 2.45) is 0 Å². The van der Waals surface area contributed by atoms with Crippen LogP contribution in [0.2, 0.25) is 0 Å². The zero-order valence-electron chi connectivity index (χ0n) is 23.2. The van der Waals surface area contributed by atoms with Crippen LogP contribution in [0.1, 0.15) is 60.5 Å². The summed E-state index contributed by atoms with van der Waals surface area (Å²) in [5.41, 5.74) is 1.06. The van der Waals surface area contributed by atoms with Gasteiger partial charge in [-0.15, -0.1) is 0 Å². The van der Waals surface area contributed by atoms with E-state index in [4.69, 9.17) is 23.7 Å². The molecule has 0 spiro atoms. The molecule has 13 heteroatoms. The van der Waals surface area contributed by atoms with Crippen LogP contribution in [0, 0.1) is 0 Å². The van der Waals surface area contributed by atoms with E-state index in [0.717, 1.165) is 0 Å². The number of esters is 4. The second kappa shape index (κ2) is 16.4. The lowest BCUT2D eigenvalue weighted by Gasteiger charge is -2.11. The largest absolute Gasteiger partial charge is 0.491 e. The first-order valence-electron chi connectivity index (χ1n) is 13.2. The highest BCUT2D eigenvalue weighted by molar-refractivity contribution is 5.88. The number of hydrogen-bond donors (Lipinski definition) is 1. The van der Waals surface area contributed by atoms with Crippen LogP contribution in [0.25, 0.3) is 22.8 Å². The minimum Gasteiger partial charge on any atom is -0.491 e.